The van der Waals surface area contributed by atoms with Gasteiger partial charge in [-0.05, 0) is 42.3 Å². The average Bonchev–Trinajstić information content (AvgIpc) is 2.24. The Labute approximate surface area is 106 Å². The van der Waals surface area contributed by atoms with Gasteiger partial charge < -0.3 is 9.47 Å². The van der Waals surface area contributed by atoms with Crippen LogP contribution in [-0.2, 0) is 14.0 Å². The van der Waals surface area contributed by atoms with Crippen molar-refractivity contribution in [3.8, 4) is 0 Å². The Hall–Kier alpha value is 0.0300. The molecule has 0 spiro atoms. The number of ether oxygens (including phenoxy) is 2. The summed E-state index contributed by atoms with van der Waals surface area (Å²) in [5.74, 6) is 0. The van der Waals surface area contributed by atoms with Gasteiger partial charge in [-0.1, -0.05) is 0 Å². The maximum absolute atomic E-state index is 12.1. The fourth-order valence-corrected chi connectivity index (χ4v) is 3.39. The maximum Gasteiger partial charge on any atom is 0.285 e. The Morgan fingerprint density at radius 3 is 1.06 bits per heavy atom. The summed E-state index contributed by atoms with van der Waals surface area (Å²) in [5.41, 5.74) is 0. The van der Waals surface area contributed by atoms with E-state index in [1.807, 2.05) is 42.3 Å². The van der Waals surface area contributed by atoms with E-state index in [-0.39, 0.29) is 0 Å². The van der Waals surface area contributed by atoms with Crippen LogP contribution in [0.15, 0.2) is 0 Å². The zero-order valence-corrected chi connectivity index (χ0v) is 13.3. The zero-order valence-electron chi connectivity index (χ0n) is 12.4. The van der Waals surface area contributed by atoms with E-state index >= 15 is 0 Å². The molecule has 0 rings (SSSR count). The molecular weight excluding hydrogens is 241 g/mol. The van der Waals surface area contributed by atoms with E-state index in [0.29, 0.717) is 13.2 Å². The Morgan fingerprint density at radius 1 is 0.765 bits per heavy atom. The first kappa shape index (κ1) is 19.4. The molecule has 0 heterocycles. The van der Waals surface area contributed by atoms with Gasteiger partial charge in [-0.25, -0.2) is 14.0 Å². The van der Waals surface area contributed by atoms with Crippen LogP contribution >= 0.6 is 7.59 Å². The van der Waals surface area contributed by atoms with Crippen LogP contribution in [0, 0.1) is 0 Å². The van der Waals surface area contributed by atoms with E-state index in [9.17, 15) is 4.57 Å². The Bertz CT molecular complexity index is 190. The molecule has 0 bridgehead atoms. The van der Waals surface area contributed by atoms with Crippen LogP contribution in [0.3, 0.4) is 0 Å². The molecule has 0 aliphatic heterocycles. The van der Waals surface area contributed by atoms with Crippen molar-refractivity contribution >= 4 is 7.59 Å². The van der Waals surface area contributed by atoms with Crippen LogP contribution in [0.2, 0.25) is 0 Å². The molecule has 0 amide bonds. The second-order valence-electron chi connectivity index (χ2n) is 4.04. The minimum absolute atomic E-state index is 0.691. The molecule has 0 aliphatic rings. The molecule has 17 heavy (non-hydrogen) atoms. The summed E-state index contributed by atoms with van der Waals surface area (Å²) >= 11 is 0. The summed E-state index contributed by atoms with van der Waals surface area (Å²) in [6.45, 7) is 1.38. The van der Waals surface area contributed by atoms with Gasteiger partial charge in [0, 0.05) is 14.2 Å². The molecule has 7 heteroatoms. The van der Waals surface area contributed by atoms with Crippen molar-refractivity contribution < 1.29 is 14.0 Å². The van der Waals surface area contributed by atoms with Crippen LogP contribution in [0.1, 0.15) is 0 Å². The van der Waals surface area contributed by atoms with Crippen LogP contribution in [0.5, 0.6) is 0 Å². The van der Waals surface area contributed by atoms with Crippen LogP contribution < -0.4 is 0 Å². The molecule has 0 aromatic heterocycles. The lowest BCUT2D eigenvalue weighted by atomic mass is 10.8. The molecule has 0 radical (unpaired) electrons. The monoisotopic (exact) mass is 269 g/mol. The standard InChI is InChI=1S/C6H18N3OP.C4H10O2/c1-7(2)11(10,8(3)4)9(5)6;1-5-3-4-6-2/h1-6H3;3-4H2,1-2H3. The smallest absolute Gasteiger partial charge is 0.285 e. The van der Waals surface area contributed by atoms with Crippen molar-refractivity contribution in [3.63, 3.8) is 0 Å². The van der Waals surface area contributed by atoms with Gasteiger partial charge in [-0.2, -0.15) is 0 Å². The molecule has 0 unspecified atom stereocenters. The summed E-state index contributed by atoms with van der Waals surface area (Å²) in [6.07, 6.45) is 0. The van der Waals surface area contributed by atoms with Gasteiger partial charge >= 0.3 is 0 Å². The van der Waals surface area contributed by atoms with E-state index in [4.69, 9.17) is 0 Å². The summed E-state index contributed by atoms with van der Waals surface area (Å²) in [6, 6.07) is 0. The van der Waals surface area contributed by atoms with Crippen molar-refractivity contribution in [1.82, 2.24) is 14.0 Å². The summed E-state index contributed by atoms with van der Waals surface area (Å²) in [4.78, 5) is 0. The quantitative estimate of drug-likeness (QED) is 0.531. The predicted molar refractivity (Wildman–Crippen MR) is 72.4 cm³/mol. The first-order chi connectivity index (χ1) is 7.74. The molecule has 0 aromatic rings. The van der Waals surface area contributed by atoms with Crippen LogP contribution in [0.4, 0.5) is 0 Å². The highest BCUT2D eigenvalue weighted by Crippen LogP contribution is 2.50. The van der Waals surface area contributed by atoms with E-state index < -0.39 is 7.59 Å². The van der Waals surface area contributed by atoms with E-state index in [1.165, 1.54) is 0 Å². The number of hydrogen-bond acceptors (Lipinski definition) is 3. The second kappa shape index (κ2) is 10.00. The molecule has 0 aromatic carbocycles. The highest BCUT2D eigenvalue weighted by Gasteiger charge is 2.30. The molecule has 0 saturated heterocycles. The van der Waals surface area contributed by atoms with Crippen LogP contribution in [0.25, 0.3) is 0 Å². The van der Waals surface area contributed by atoms with Crippen LogP contribution in [-0.4, -0.2) is 83.7 Å². The van der Waals surface area contributed by atoms with Gasteiger partial charge in [0.25, 0.3) is 7.59 Å². The number of nitrogens with zero attached hydrogens (tertiary/aromatic N) is 3. The lowest BCUT2D eigenvalue weighted by Crippen LogP contribution is -2.30. The van der Waals surface area contributed by atoms with Gasteiger partial charge in [-0.3, -0.25) is 4.57 Å². The first-order valence-electron chi connectivity index (χ1n) is 5.36. The molecule has 0 aliphatic carbocycles. The topological polar surface area (TPSA) is 45.3 Å². The Balaban J connectivity index is 0. The third-order valence-electron chi connectivity index (χ3n) is 2.05. The molecule has 0 saturated carbocycles. The first-order valence-corrected chi connectivity index (χ1v) is 6.92. The number of methoxy groups -OCH3 is 2. The number of hydrogen-bond donors (Lipinski definition) is 0. The molecule has 0 atom stereocenters. The minimum atomic E-state index is -2.44. The van der Waals surface area contributed by atoms with Crippen molar-refractivity contribution in [2.45, 2.75) is 0 Å². The minimum Gasteiger partial charge on any atom is -0.382 e. The fourth-order valence-electron chi connectivity index (χ4n) is 1.24. The van der Waals surface area contributed by atoms with Crippen molar-refractivity contribution in [2.24, 2.45) is 0 Å². The van der Waals surface area contributed by atoms with Gasteiger partial charge in [0.2, 0.25) is 0 Å². The molecular formula is C10H28N3O3P. The highest BCUT2D eigenvalue weighted by atomic mass is 31.2. The largest absolute Gasteiger partial charge is 0.382 e. The summed E-state index contributed by atoms with van der Waals surface area (Å²) < 4.78 is 26.6. The van der Waals surface area contributed by atoms with Crippen molar-refractivity contribution in [2.75, 3.05) is 69.7 Å². The van der Waals surface area contributed by atoms with Gasteiger partial charge in [0.15, 0.2) is 0 Å². The summed E-state index contributed by atoms with van der Waals surface area (Å²) in [5, 5.41) is 0. The van der Waals surface area contributed by atoms with Gasteiger partial charge in [-0.15, -0.1) is 0 Å². The Kier molecular flexibility index (Phi) is 11.4. The SMILES string of the molecule is CN(C)P(=O)(N(C)C)N(C)C.COCCOC. The zero-order chi connectivity index (χ0) is 14.1. The third-order valence-corrected chi connectivity index (χ3v) is 5.18. The van der Waals surface area contributed by atoms with Crippen molar-refractivity contribution in [3.05, 3.63) is 0 Å². The summed E-state index contributed by atoms with van der Waals surface area (Å²) in [7, 11) is 11.8. The molecule has 6 nitrogen and oxygen atoms in total. The second-order valence-corrected chi connectivity index (χ2v) is 7.47. The average molecular weight is 269 g/mol. The normalized spacial score (nSPS) is 11.9. The van der Waals surface area contributed by atoms with Crippen molar-refractivity contribution in [1.29, 1.82) is 0 Å². The van der Waals surface area contributed by atoms with Gasteiger partial charge in [0.05, 0.1) is 13.2 Å². The van der Waals surface area contributed by atoms with E-state index in [1.54, 1.807) is 28.2 Å². The molecule has 0 N–H and O–H groups in total. The molecule has 0 fully saturated rings. The molecule has 106 valence electrons. The lowest BCUT2D eigenvalue weighted by Gasteiger charge is -2.34. The van der Waals surface area contributed by atoms with Gasteiger partial charge in [0.1, 0.15) is 0 Å². The number of rotatable bonds is 6. The fraction of sp³-hybridized carbons (Fsp3) is 1.00. The lowest BCUT2D eigenvalue weighted by molar-refractivity contribution is 0.103. The Morgan fingerprint density at radius 2 is 1.00 bits per heavy atom. The third kappa shape index (κ3) is 7.13. The van der Waals surface area contributed by atoms with E-state index in [0.717, 1.165) is 0 Å². The van der Waals surface area contributed by atoms with E-state index in [2.05, 4.69) is 9.47 Å². The predicted octanol–water partition coefficient (Wildman–Crippen LogP) is 1.06. The highest BCUT2D eigenvalue weighted by molar-refractivity contribution is 7.56. The maximum atomic E-state index is 12.1.